The highest BCUT2D eigenvalue weighted by molar-refractivity contribution is 9.10. The SMILES string of the molecule is CCN(CC)C1CCN(C(=NC)NCc2ccc(Br)cc2)C1. The first-order chi connectivity index (χ1) is 10.7. The van der Waals surface area contributed by atoms with Crippen molar-refractivity contribution < 1.29 is 0 Å². The van der Waals surface area contributed by atoms with E-state index in [0.29, 0.717) is 6.04 Å². The van der Waals surface area contributed by atoms with E-state index < -0.39 is 0 Å². The number of rotatable bonds is 5. The average Bonchev–Trinajstić information content (AvgIpc) is 3.01. The zero-order valence-electron chi connectivity index (χ0n) is 13.8. The molecule has 0 radical (unpaired) electrons. The van der Waals surface area contributed by atoms with Gasteiger partial charge in [0.2, 0.25) is 0 Å². The third-order valence-corrected chi connectivity index (χ3v) is 4.90. The molecule has 1 atom stereocenters. The Kier molecular flexibility index (Phi) is 6.70. The van der Waals surface area contributed by atoms with E-state index in [-0.39, 0.29) is 0 Å². The molecule has 2 rings (SSSR count). The van der Waals surface area contributed by atoms with Crippen molar-refractivity contribution in [2.45, 2.75) is 32.9 Å². The Bertz CT molecular complexity index is 482. The Balaban J connectivity index is 1.88. The van der Waals surface area contributed by atoms with Crippen LogP contribution in [-0.2, 0) is 6.54 Å². The van der Waals surface area contributed by atoms with Crippen molar-refractivity contribution in [3.63, 3.8) is 0 Å². The summed E-state index contributed by atoms with van der Waals surface area (Å²) in [6.07, 6.45) is 1.22. The van der Waals surface area contributed by atoms with Crippen LogP contribution in [0.2, 0.25) is 0 Å². The van der Waals surface area contributed by atoms with E-state index in [1.807, 2.05) is 7.05 Å². The molecule has 1 heterocycles. The van der Waals surface area contributed by atoms with E-state index in [1.54, 1.807) is 0 Å². The molecular formula is C17H27BrN4. The van der Waals surface area contributed by atoms with Crippen LogP contribution in [0.3, 0.4) is 0 Å². The number of benzene rings is 1. The fraction of sp³-hybridized carbons (Fsp3) is 0.588. The van der Waals surface area contributed by atoms with Crippen molar-refractivity contribution in [2.24, 2.45) is 4.99 Å². The lowest BCUT2D eigenvalue weighted by molar-refractivity contribution is 0.223. The number of nitrogens with zero attached hydrogens (tertiary/aromatic N) is 3. The first-order valence-corrected chi connectivity index (χ1v) is 8.91. The third kappa shape index (κ3) is 4.46. The Morgan fingerprint density at radius 2 is 2.00 bits per heavy atom. The summed E-state index contributed by atoms with van der Waals surface area (Å²) in [6.45, 7) is 9.70. The van der Waals surface area contributed by atoms with Crippen LogP contribution in [0.4, 0.5) is 0 Å². The van der Waals surface area contributed by atoms with Gasteiger partial charge in [0.15, 0.2) is 5.96 Å². The molecule has 1 aromatic carbocycles. The van der Waals surface area contributed by atoms with Gasteiger partial charge >= 0.3 is 0 Å². The van der Waals surface area contributed by atoms with Crippen LogP contribution >= 0.6 is 15.9 Å². The molecule has 0 aromatic heterocycles. The molecule has 1 unspecified atom stereocenters. The predicted octanol–water partition coefficient (Wildman–Crippen LogP) is 2.94. The lowest BCUT2D eigenvalue weighted by Crippen LogP contribution is -2.43. The van der Waals surface area contributed by atoms with Gasteiger partial charge in [0.1, 0.15) is 0 Å². The number of likely N-dealkylation sites (tertiary alicyclic amines) is 1. The van der Waals surface area contributed by atoms with Crippen LogP contribution < -0.4 is 5.32 Å². The highest BCUT2D eigenvalue weighted by atomic mass is 79.9. The molecule has 0 saturated carbocycles. The van der Waals surface area contributed by atoms with Gasteiger partial charge in [0.05, 0.1) is 0 Å². The largest absolute Gasteiger partial charge is 0.352 e. The molecule has 5 heteroatoms. The maximum atomic E-state index is 4.45. The summed E-state index contributed by atoms with van der Waals surface area (Å²) in [5.41, 5.74) is 1.27. The Morgan fingerprint density at radius 1 is 1.32 bits per heavy atom. The normalized spacial score (nSPS) is 19.0. The Hall–Kier alpha value is -1.07. The van der Waals surface area contributed by atoms with Crippen molar-refractivity contribution in [3.8, 4) is 0 Å². The number of aliphatic imine (C=N–C) groups is 1. The van der Waals surface area contributed by atoms with E-state index in [2.05, 4.69) is 74.2 Å². The van der Waals surface area contributed by atoms with Gasteiger partial charge < -0.3 is 10.2 Å². The maximum absolute atomic E-state index is 4.45. The van der Waals surface area contributed by atoms with Crippen LogP contribution in [0.15, 0.2) is 33.7 Å². The zero-order valence-corrected chi connectivity index (χ0v) is 15.4. The highest BCUT2D eigenvalue weighted by Crippen LogP contribution is 2.16. The van der Waals surface area contributed by atoms with Gasteiger partial charge in [-0.05, 0) is 37.2 Å². The second kappa shape index (κ2) is 8.53. The van der Waals surface area contributed by atoms with Gasteiger partial charge in [-0.25, -0.2) is 0 Å². The van der Waals surface area contributed by atoms with Crippen LogP contribution in [-0.4, -0.2) is 55.0 Å². The smallest absolute Gasteiger partial charge is 0.193 e. The number of hydrogen-bond donors (Lipinski definition) is 1. The highest BCUT2D eigenvalue weighted by Gasteiger charge is 2.27. The number of guanidine groups is 1. The summed E-state index contributed by atoms with van der Waals surface area (Å²) in [5, 5.41) is 3.48. The third-order valence-electron chi connectivity index (χ3n) is 4.37. The number of likely N-dealkylation sites (N-methyl/N-ethyl adjacent to an activating group) is 1. The van der Waals surface area contributed by atoms with E-state index in [1.165, 1.54) is 12.0 Å². The second-order valence-electron chi connectivity index (χ2n) is 5.64. The molecule has 122 valence electrons. The van der Waals surface area contributed by atoms with Crippen LogP contribution in [0, 0.1) is 0 Å². The van der Waals surface area contributed by atoms with Gasteiger partial charge in [-0.15, -0.1) is 0 Å². The number of halogens is 1. The fourth-order valence-electron chi connectivity index (χ4n) is 3.09. The molecule has 0 spiro atoms. The predicted molar refractivity (Wildman–Crippen MR) is 97.2 cm³/mol. The van der Waals surface area contributed by atoms with E-state index in [4.69, 9.17) is 0 Å². The summed E-state index contributed by atoms with van der Waals surface area (Å²) in [6, 6.07) is 9.07. The quantitative estimate of drug-likeness (QED) is 0.641. The standard InChI is InChI=1S/C17H27BrN4/c1-4-21(5-2)16-10-11-22(13-16)17(19-3)20-12-14-6-8-15(18)9-7-14/h6-9,16H,4-5,10-13H2,1-3H3,(H,19,20). The summed E-state index contributed by atoms with van der Waals surface area (Å²) in [4.78, 5) is 9.37. The lowest BCUT2D eigenvalue weighted by atomic mass is 10.2. The van der Waals surface area contributed by atoms with Gasteiger partial charge in [0.25, 0.3) is 0 Å². The Labute approximate surface area is 142 Å². The summed E-state index contributed by atoms with van der Waals surface area (Å²) in [7, 11) is 1.87. The molecule has 0 amide bonds. The van der Waals surface area contributed by atoms with Crippen molar-refractivity contribution in [3.05, 3.63) is 34.3 Å². The number of hydrogen-bond acceptors (Lipinski definition) is 2. The average molecular weight is 367 g/mol. The molecule has 22 heavy (non-hydrogen) atoms. The van der Waals surface area contributed by atoms with Crippen molar-refractivity contribution in [1.29, 1.82) is 0 Å². The van der Waals surface area contributed by atoms with Gasteiger partial charge in [0, 0.05) is 37.2 Å². The van der Waals surface area contributed by atoms with Crippen LogP contribution in [0.5, 0.6) is 0 Å². The van der Waals surface area contributed by atoms with E-state index in [0.717, 1.165) is 43.2 Å². The van der Waals surface area contributed by atoms with Gasteiger partial charge in [-0.3, -0.25) is 9.89 Å². The first-order valence-electron chi connectivity index (χ1n) is 8.12. The van der Waals surface area contributed by atoms with E-state index >= 15 is 0 Å². The molecule has 0 bridgehead atoms. The molecule has 0 aliphatic carbocycles. The molecule has 1 fully saturated rings. The minimum atomic E-state index is 0.654. The molecule has 1 aliphatic rings. The van der Waals surface area contributed by atoms with Crippen molar-refractivity contribution in [2.75, 3.05) is 33.2 Å². The minimum Gasteiger partial charge on any atom is -0.352 e. The number of nitrogens with one attached hydrogen (secondary N) is 1. The van der Waals surface area contributed by atoms with Crippen molar-refractivity contribution >= 4 is 21.9 Å². The van der Waals surface area contributed by atoms with E-state index in [9.17, 15) is 0 Å². The monoisotopic (exact) mass is 366 g/mol. The topological polar surface area (TPSA) is 30.9 Å². The van der Waals surface area contributed by atoms with Crippen LogP contribution in [0.1, 0.15) is 25.8 Å². The summed E-state index contributed by atoms with van der Waals surface area (Å²) < 4.78 is 1.11. The fourth-order valence-corrected chi connectivity index (χ4v) is 3.35. The molecule has 1 saturated heterocycles. The molecule has 4 nitrogen and oxygen atoms in total. The molecular weight excluding hydrogens is 340 g/mol. The maximum Gasteiger partial charge on any atom is 0.193 e. The zero-order chi connectivity index (χ0) is 15.9. The van der Waals surface area contributed by atoms with Crippen molar-refractivity contribution in [1.82, 2.24) is 15.1 Å². The molecule has 1 aliphatic heterocycles. The van der Waals surface area contributed by atoms with Gasteiger partial charge in [-0.1, -0.05) is 41.9 Å². The molecule has 1 aromatic rings. The minimum absolute atomic E-state index is 0.654. The lowest BCUT2D eigenvalue weighted by Gasteiger charge is -2.27. The second-order valence-corrected chi connectivity index (χ2v) is 6.55. The first kappa shape index (κ1) is 17.3. The Morgan fingerprint density at radius 3 is 2.59 bits per heavy atom. The van der Waals surface area contributed by atoms with Gasteiger partial charge in [-0.2, -0.15) is 0 Å². The summed E-state index contributed by atoms with van der Waals surface area (Å²) >= 11 is 3.47. The molecule has 1 N–H and O–H groups in total. The van der Waals surface area contributed by atoms with Crippen LogP contribution in [0.25, 0.3) is 0 Å². The summed E-state index contributed by atoms with van der Waals surface area (Å²) in [5.74, 6) is 1.01.